The van der Waals surface area contributed by atoms with Gasteiger partial charge < -0.3 is 9.67 Å². The zero-order valence-corrected chi connectivity index (χ0v) is 16.2. The van der Waals surface area contributed by atoms with Crippen molar-refractivity contribution < 1.29 is 14.7 Å². The molecule has 4 nitrogen and oxygen atoms in total. The summed E-state index contributed by atoms with van der Waals surface area (Å²) in [6, 6.07) is 8.08. The van der Waals surface area contributed by atoms with E-state index in [1.54, 1.807) is 0 Å². The van der Waals surface area contributed by atoms with E-state index in [-0.39, 0.29) is 29.0 Å². The lowest BCUT2D eigenvalue weighted by Gasteiger charge is -2.04. The maximum absolute atomic E-state index is 13.2. The molecule has 4 heteroatoms. The third-order valence-corrected chi connectivity index (χ3v) is 6.63. The molecule has 1 fully saturated rings. The molecule has 26 heavy (non-hydrogen) atoms. The molecule has 0 radical (unpaired) electrons. The van der Waals surface area contributed by atoms with Crippen molar-refractivity contribution in [1.29, 1.82) is 0 Å². The van der Waals surface area contributed by atoms with Gasteiger partial charge in [0.15, 0.2) is 5.78 Å². The lowest BCUT2D eigenvalue weighted by Crippen LogP contribution is -2.07. The molecule has 0 aliphatic heterocycles. The highest BCUT2D eigenvalue weighted by Crippen LogP contribution is 2.69. The molecule has 0 unspecified atom stereocenters. The van der Waals surface area contributed by atoms with Gasteiger partial charge in [-0.15, -0.1) is 0 Å². The van der Waals surface area contributed by atoms with Gasteiger partial charge in [0.2, 0.25) is 0 Å². The zero-order chi connectivity index (χ0) is 19.1. The number of carboxylic acid groups (broad SMARTS) is 1. The summed E-state index contributed by atoms with van der Waals surface area (Å²) in [6.45, 7) is 9.52. The van der Waals surface area contributed by atoms with Crippen LogP contribution in [0.25, 0.3) is 10.9 Å². The molecule has 3 rings (SSSR count). The van der Waals surface area contributed by atoms with E-state index in [4.69, 9.17) is 5.11 Å². The molecule has 2 aromatic rings. The fourth-order valence-electron chi connectivity index (χ4n) is 4.37. The van der Waals surface area contributed by atoms with Crippen molar-refractivity contribution in [1.82, 2.24) is 4.57 Å². The molecule has 1 aliphatic rings. The summed E-state index contributed by atoms with van der Waals surface area (Å²) in [7, 11) is 0. The van der Waals surface area contributed by atoms with Crippen LogP contribution in [0.3, 0.4) is 0 Å². The molecule has 1 aromatic heterocycles. The average molecular weight is 355 g/mol. The monoisotopic (exact) mass is 355 g/mol. The Hall–Kier alpha value is -2.10. The van der Waals surface area contributed by atoms with Crippen molar-refractivity contribution in [2.45, 2.75) is 59.9 Å². The summed E-state index contributed by atoms with van der Waals surface area (Å²) >= 11 is 0. The van der Waals surface area contributed by atoms with Crippen LogP contribution >= 0.6 is 0 Å². The van der Waals surface area contributed by atoms with Gasteiger partial charge in [0.1, 0.15) is 0 Å². The summed E-state index contributed by atoms with van der Waals surface area (Å²) in [5.74, 6) is -0.426. The third kappa shape index (κ3) is 3.06. The number of hydrogen-bond acceptors (Lipinski definition) is 2. The quantitative estimate of drug-likeness (QED) is 0.526. The second kappa shape index (κ2) is 6.57. The number of nitrogens with zero attached hydrogens (tertiary/aromatic N) is 1. The third-order valence-electron chi connectivity index (χ3n) is 6.63. The normalized spacial score (nSPS) is 18.2. The number of carbonyl (C=O) groups is 2. The highest BCUT2D eigenvalue weighted by atomic mass is 16.4. The van der Waals surface area contributed by atoms with E-state index in [2.05, 4.69) is 38.3 Å². The molecule has 0 amide bonds. The standard InChI is InChI=1S/C22H29NO3/c1-21(2)20(22(21,3)4)19(26)16-14-23(13-9-5-6-12-18(24)25)17-11-8-7-10-15(16)17/h7-8,10-11,14,20H,5-6,9,12-13H2,1-4H3,(H,24,25). The first-order valence-electron chi connectivity index (χ1n) is 9.52. The van der Waals surface area contributed by atoms with E-state index in [0.717, 1.165) is 35.9 Å². The van der Waals surface area contributed by atoms with Crippen LogP contribution < -0.4 is 0 Å². The van der Waals surface area contributed by atoms with Crippen molar-refractivity contribution in [3.63, 3.8) is 0 Å². The summed E-state index contributed by atoms with van der Waals surface area (Å²) in [4.78, 5) is 23.9. The van der Waals surface area contributed by atoms with Crippen LogP contribution in [0.1, 0.15) is 63.7 Å². The van der Waals surface area contributed by atoms with Crippen molar-refractivity contribution in [3.8, 4) is 0 Å². The Kier molecular flexibility index (Phi) is 4.72. The first kappa shape index (κ1) is 18.7. The first-order chi connectivity index (χ1) is 12.2. The molecule has 0 atom stereocenters. The maximum Gasteiger partial charge on any atom is 0.303 e. The number of fused-ring (bicyclic) bond motifs is 1. The Bertz CT molecular complexity index is 830. The molecule has 140 valence electrons. The minimum Gasteiger partial charge on any atom is -0.481 e. The van der Waals surface area contributed by atoms with Gasteiger partial charge in [-0.05, 0) is 29.7 Å². The molecular weight excluding hydrogens is 326 g/mol. The second-order valence-electron chi connectivity index (χ2n) is 8.70. The Labute approximate surface area is 155 Å². The van der Waals surface area contributed by atoms with Crippen LogP contribution in [0.15, 0.2) is 30.5 Å². The number of aliphatic carboxylic acids is 1. The number of aryl methyl sites for hydroxylation is 1. The minimum absolute atomic E-state index is 0.0319. The molecule has 1 N–H and O–H groups in total. The number of unbranched alkanes of at least 4 members (excludes halogenated alkanes) is 2. The van der Waals surface area contributed by atoms with Crippen molar-refractivity contribution in [2.24, 2.45) is 16.7 Å². The zero-order valence-electron chi connectivity index (χ0n) is 16.2. The van der Waals surface area contributed by atoms with Crippen LogP contribution in [-0.4, -0.2) is 21.4 Å². The first-order valence-corrected chi connectivity index (χ1v) is 9.52. The molecule has 1 heterocycles. The lowest BCUT2D eigenvalue weighted by atomic mass is 10.0. The van der Waals surface area contributed by atoms with Gasteiger partial charge >= 0.3 is 5.97 Å². The summed E-state index contributed by atoms with van der Waals surface area (Å²) in [6.07, 6.45) is 4.73. The fraction of sp³-hybridized carbons (Fsp3) is 0.545. The number of Topliss-reactive ketones (excluding diaryl/α,β-unsaturated/α-hetero) is 1. The van der Waals surface area contributed by atoms with Crippen molar-refractivity contribution in [3.05, 3.63) is 36.0 Å². The number of ketones is 1. The van der Waals surface area contributed by atoms with Gasteiger partial charge in [-0.1, -0.05) is 52.3 Å². The van der Waals surface area contributed by atoms with Gasteiger partial charge in [0, 0.05) is 41.5 Å². The fourth-order valence-corrected chi connectivity index (χ4v) is 4.37. The van der Waals surface area contributed by atoms with Crippen LogP contribution in [0.4, 0.5) is 0 Å². The van der Waals surface area contributed by atoms with Gasteiger partial charge in [-0.2, -0.15) is 0 Å². The second-order valence-corrected chi connectivity index (χ2v) is 8.70. The number of carbonyl (C=O) groups excluding carboxylic acids is 1. The lowest BCUT2D eigenvalue weighted by molar-refractivity contribution is -0.137. The van der Waals surface area contributed by atoms with Gasteiger partial charge in [-0.3, -0.25) is 9.59 Å². The molecule has 1 aromatic carbocycles. The highest BCUT2D eigenvalue weighted by Gasteiger charge is 2.68. The summed E-state index contributed by atoms with van der Waals surface area (Å²) in [5, 5.41) is 9.76. The van der Waals surface area contributed by atoms with Gasteiger partial charge in [0.05, 0.1) is 0 Å². The van der Waals surface area contributed by atoms with Crippen LogP contribution in [-0.2, 0) is 11.3 Å². The van der Waals surface area contributed by atoms with Crippen molar-refractivity contribution >= 4 is 22.7 Å². The van der Waals surface area contributed by atoms with Crippen LogP contribution in [0.5, 0.6) is 0 Å². The molecular formula is C22H29NO3. The number of aromatic nitrogens is 1. The minimum atomic E-state index is -0.737. The summed E-state index contributed by atoms with van der Waals surface area (Å²) < 4.78 is 2.16. The van der Waals surface area contributed by atoms with E-state index in [1.165, 1.54) is 0 Å². The van der Waals surface area contributed by atoms with Crippen LogP contribution in [0, 0.1) is 16.7 Å². The van der Waals surface area contributed by atoms with Gasteiger partial charge in [0.25, 0.3) is 0 Å². The molecule has 0 saturated heterocycles. The molecule has 1 saturated carbocycles. The molecule has 1 aliphatic carbocycles. The summed E-state index contributed by atoms with van der Waals surface area (Å²) in [5.41, 5.74) is 1.98. The van der Waals surface area contributed by atoms with E-state index in [9.17, 15) is 9.59 Å². The Morgan fingerprint density at radius 2 is 1.69 bits per heavy atom. The van der Waals surface area contributed by atoms with Crippen LogP contribution in [0.2, 0.25) is 0 Å². The number of rotatable bonds is 8. The number of hydrogen-bond donors (Lipinski definition) is 1. The Balaban J connectivity index is 1.80. The van der Waals surface area contributed by atoms with E-state index in [1.807, 2.05) is 24.4 Å². The highest BCUT2D eigenvalue weighted by molar-refractivity contribution is 6.11. The number of benzene rings is 1. The average Bonchev–Trinajstić information content (AvgIpc) is 2.85. The molecule has 0 bridgehead atoms. The molecule has 0 spiro atoms. The predicted molar refractivity (Wildman–Crippen MR) is 103 cm³/mol. The largest absolute Gasteiger partial charge is 0.481 e. The maximum atomic E-state index is 13.2. The van der Waals surface area contributed by atoms with E-state index < -0.39 is 5.97 Å². The van der Waals surface area contributed by atoms with Crippen molar-refractivity contribution in [2.75, 3.05) is 0 Å². The number of para-hydroxylation sites is 1. The SMILES string of the molecule is CC1(C)C(C(=O)c2cn(CCCCCC(=O)O)c3ccccc23)C1(C)C. The predicted octanol–water partition coefficient (Wildman–Crippen LogP) is 5.15. The van der Waals surface area contributed by atoms with E-state index in [0.29, 0.717) is 6.42 Å². The topological polar surface area (TPSA) is 59.3 Å². The van der Waals surface area contributed by atoms with E-state index >= 15 is 0 Å². The number of carboxylic acids is 1. The van der Waals surface area contributed by atoms with Gasteiger partial charge in [-0.25, -0.2) is 0 Å². The smallest absolute Gasteiger partial charge is 0.303 e. The Morgan fingerprint density at radius 3 is 2.31 bits per heavy atom. The Morgan fingerprint density at radius 1 is 1.04 bits per heavy atom.